The quantitative estimate of drug-likeness (QED) is 0.894. The van der Waals surface area contributed by atoms with Crippen molar-refractivity contribution in [1.82, 2.24) is 10.3 Å². The monoisotopic (exact) mass is 288 g/mol. The number of aromatic amines is 1. The van der Waals surface area contributed by atoms with Crippen molar-refractivity contribution < 1.29 is 4.79 Å². The van der Waals surface area contributed by atoms with Crippen LogP contribution in [0.1, 0.15) is 48.9 Å². The zero-order valence-electron chi connectivity index (χ0n) is 12.9. The van der Waals surface area contributed by atoms with Crippen LogP contribution in [0.3, 0.4) is 0 Å². The molecule has 2 N–H and O–H groups in total. The number of amides is 1. The van der Waals surface area contributed by atoms with Crippen molar-refractivity contribution in [2.45, 2.75) is 52.5 Å². The van der Waals surface area contributed by atoms with Crippen LogP contribution in [0.25, 0.3) is 0 Å². The second kappa shape index (κ2) is 5.66. The predicted octanol–water partition coefficient (Wildman–Crippen LogP) is 2.43. The van der Waals surface area contributed by atoms with E-state index in [4.69, 9.17) is 0 Å². The lowest BCUT2D eigenvalue weighted by molar-refractivity contribution is -0.122. The van der Waals surface area contributed by atoms with Crippen molar-refractivity contribution in [3.8, 4) is 0 Å². The van der Waals surface area contributed by atoms with Crippen LogP contribution in [0.5, 0.6) is 0 Å². The number of nitrogens with one attached hydrogen (secondary N) is 2. The number of rotatable bonds is 4. The Hall–Kier alpha value is -1.58. The summed E-state index contributed by atoms with van der Waals surface area (Å²) >= 11 is 0. The van der Waals surface area contributed by atoms with E-state index in [1.165, 1.54) is 25.7 Å². The molecule has 114 valence electrons. The van der Waals surface area contributed by atoms with Crippen LogP contribution in [0.4, 0.5) is 0 Å². The molecule has 4 heteroatoms. The number of H-pyrrole nitrogens is 1. The van der Waals surface area contributed by atoms with Gasteiger partial charge in [0.15, 0.2) is 0 Å². The Morgan fingerprint density at radius 2 is 2.14 bits per heavy atom. The summed E-state index contributed by atoms with van der Waals surface area (Å²) < 4.78 is 0. The fourth-order valence-corrected chi connectivity index (χ4v) is 4.22. The molecule has 3 rings (SSSR count). The van der Waals surface area contributed by atoms with Gasteiger partial charge in [-0.3, -0.25) is 9.59 Å². The topological polar surface area (TPSA) is 62.0 Å². The molecule has 0 saturated heterocycles. The largest absolute Gasteiger partial charge is 0.352 e. The summed E-state index contributed by atoms with van der Waals surface area (Å²) in [5.74, 6) is 2.30. The lowest BCUT2D eigenvalue weighted by atomic mass is 9.86. The zero-order valence-corrected chi connectivity index (χ0v) is 12.9. The molecule has 0 aromatic carbocycles. The lowest BCUT2D eigenvalue weighted by Crippen LogP contribution is -2.30. The first kappa shape index (κ1) is 14.4. The fraction of sp³-hybridized carbons (Fsp3) is 0.647. The molecule has 1 aromatic rings. The van der Waals surface area contributed by atoms with Gasteiger partial charge in [-0.2, -0.15) is 0 Å². The summed E-state index contributed by atoms with van der Waals surface area (Å²) in [6, 6.07) is 1.94. The minimum absolute atomic E-state index is 0.0897. The molecule has 4 nitrogen and oxygen atoms in total. The highest BCUT2D eigenvalue weighted by molar-refractivity contribution is 5.76. The highest BCUT2D eigenvalue weighted by Gasteiger charge is 2.40. The maximum absolute atomic E-state index is 12.1. The third-order valence-electron chi connectivity index (χ3n) is 5.29. The molecule has 1 amide bonds. The van der Waals surface area contributed by atoms with Crippen LogP contribution >= 0.6 is 0 Å². The van der Waals surface area contributed by atoms with Gasteiger partial charge in [-0.05, 0) is 62.5 Å². The third kappa shape index (κ3) is 3.04. The summed E-state index contributed by atoms with van der Waals surface area (Å²) in [5, 5.41) is 2.93. The highest BCUT2D eigenvalue weighted by Crippen LogP contribution is 2.49. The van der Waals surface area contributed by atoms with Crippen LogP contribution in [0.15, 0.2) is 10.9 Å². The number of fused-ring (bicyclic) bond motifs is 2. The van der Waals surface area contributed by atoms with Gasteiger partial charge in [-0.1, -0.05) is 6.42 Å². The van der Waals surface area contributed by atoms with Crippen molar-refractivity contribution in [2.75, 3.05) is 0 Å². The molecule has 0 spiro atoms. The molecule has 2 aliphatic carbocycles. The van der Waals surface area contributed by atoms with Gasteiger partial charge in [0.05, 0.1) is 0 Å². The molecular weight excluding hydrogens is 264 g/mol. The van der Waals surface area contributed by atoms with Crippen molar-refractivity contribution in [3.63, 3.8) is 0 Å². The van der Waals surface area contributed by atoms with E-state index in [0.29, 0.717) is 24.4 Å². The van der Waals surface area contributed by atoms with Crippen molar-refractivity contribution >= 4 is 5.91 Å². The Morgan fingerprint density at radius 1 is 1.33 bits per heavy atom. The number of aromatic nitrogens is 1. The normalized spacial score (nSPS) is 27.0. The molecule has 3 atom stereocenters. The van der Waals surface area contributed by atoms with Crippen LogP contribution in [0.2, 0.25) is 0 Å². The van der Waals surface area contributed by atoms with Crippen molar-refractivity contribution in [3.05, 3.63) is 33.2 Å². The standard InChI is InChI=1S/C17H24N2O2/c1-10-5-11(2)19-17(21)15(10)9-18-16(20)8-14-7-12-3-4-13(14)6-12/h5,12-14H,3-4,6-9H2,1-2H3,(H,18,20)(H,19,21). The first-order valence-corrected chi connectivity index (χ1v) is 7.99. The summed E-state index contributed by atoms with van der Waals surface area (Å²) in [7, 11) is 0. The second-order valence-corrected chi connectivity index (χ2v) is 6.86. The van der Waals surface area contributed by atoms with Crippen molar-refractivity contribution in [1.29, 1.82) is 0 Å². The van der Waals surface area contributed by atoms with E-state index in [-0.39, 0.29) is 11.5 Å². The Balaban J connectivity index is 1.56. The molecule has 21 heavy (non-hydrogen) atoms. The maximum atomic E-state index is 12.1. The molecule has 0 radical (unpaired) electrons. The minimum Gasteiger partial charge on any atom is -0.352 e. The Morgan fingerprint density at radius 3 is 2.76 bits per heavy atom. The molecule has 2 saturated carbocycles. The van der Waals surface area contributed by atoms with Crippen molar-refractivity contribution in [2.24, 2.45) is 17.8 Å². The van der Waals surface area contributed by atoms with Gasteiger partial charge >= 0.3 is 0 Å². The smallest absolute Gasteiger partial charge is 0.253 e. The second-order valence-electron chi connectivity index (χ2n) is 6.86. The first-order valence-electron chi connectivity index (χ1n) is 7.99. The van der Waals surface area contributed by atoms with Crippen LogP contribution < -0.4 is 10.9 Å². The zero-order chi connectivity index (χ0) is 15.0. The molecule has 2 bridgehead atoms. The molecule has 2 aliphatic rings. The van der Waals surface area contributed by atoms with Crippen LogP contribution in [-0.2, 0) is 11.3 Å². The first-order chi connectivity index (χ1) is 10.0. The molecular formula is C17H24N2O2. The molecule has 3 unspecified atom stereocenters. The molecule has 1 aromatic heterocycles. The highest BCUT2D eigenvalue weighted by atomic mass is 16.1. The van der Waals surface area contributed by atoms with Crippen LogP contribution in [0, 0.1) is 31.6 Å². The van der Waals surface area contributed by atoms with E-state index < -0.39 is 0 Å². The maximum Gasteiger partial charge on any atom is 0.253 e. The van der Waals surface area contributed by atoms with Gasteiger partial charge < -0.3 is 10.3 Å². The Bertz CT molecular complexity index is 605. The number of pyridine rings is 1. The van der Waals surface area contributed by atoms with Crippen LogP contribution in [-0.4, -0.2) is 10.9 Å². The van der Waals surface area contributed by atoms with Gasteiger partial charge in [-0.25, -0.2) is 0 Å². The number of hydrogen-bond donors (Lipinski definition) is 2. The van der Waals surface area contributed by atoms with Gasteiger partial charge in [0.2, 0.25) is 5.91 Å². The van der Waals surface area contributed by atoms with E-state index in [0.717, 1.165) is 23.1 Å². The van der Waals surface area contributed by atoms with E-state index >= 15 is 0 Å². The summed E-state index contributed by atoms with van der Waals surface area (Å²) in [6.45, 7) is 4.12. The Kier molecular flexibility index (Phi) is 3.87. The summed E-state index contributed by atoms with van der Waals surface area (Å²) in [4.78, 5) is 26.8. The number of aryl methyl sites for hydroxylation is 2. The summed E-state index contributed by atoms with van der Waals surface area (Å²) in [6.07, 6.45) is 5.85. The van der Waals surface area contributed by atoms with E-state index in [2.05, 4.69) is 10.3 Å². The molecule has 0 aliphatic heterocycles. The molecule has 1 heterocycles. The van der Waals surface area contributed by atoms with Gasteiger partial charge in [0.1, 0.15) is 0 Å². The predicted molar refractivity (Wildman–Crippen MR) is 81.9 cm³/mol. The molecule has 2 fully saturated rings. The fourth-order valence-electron chi connectivity index (χ4n) is 4.22. The summed E-state index contributed by atoms with van der Waals surface area (Å²) in [5.41, 5.74) is 2.38. The number of hydrogen-bond acceptors (Lipinski definition) is 2. The van der Waals surface area contributed by atoms with E-state index in [9.17, 15) is 9.59 Å². The minimum atomic E-state index is -0.0901. The van der Waals surface area contributed by atoms with Gasteiger partial charge in [0.25, 0.3) is 5.56 Å². The third-order valence-corrected chi connectivity index (χ3v) is 5.29. The lowest BCUT2D eigenvalue weighted by Gasteiger charge is -2.21. The average Bonchev–Trinajstić information content (AvgIpc) is 2.99. The average molecular weight is 288 g/mol. The van der Waals surface area contributed by atoms with E-state index in [1.54, 1.807) is 0 Å². The number of carbonyl (C=O) groups excluding carboxylic acids is 1. The van der Waals surface area contributed by atoms with Gasteiger partial charge in [-0.15, -0.1) is 0 Å². The number of carbonyl (C=O) groups is 1. The van der Waals surface area contributed by atoms with E-state index in [1.807, 2.05) is 19.9 Å². The van der Waals surface area contributed by atoms with Gasteiger partial charge in [0, 0.05) is 24.2 Å². The SMILES string of the molecule is Cc1cc(C)c(CNC(=O)CC2CC3CCC2C3)c(=O)[nH]1. The Labute approximate surface area is 125 Å².